The summed E-state index contributed by atoms with van der Waals surface area (Å²) in [6, 6.07) is 19.2. The molecular weight excluding hydrogens is 490 g/mol. The van der Waals surface area contributed by atoms with Crippen LogP contribution < -0.4 is 10.1 Å². The molecule has 1 aliphatic heterocycles. The molecule has 1 aliphatic carbocycles. The van der Waals surface area contributed by atoms with E-state index in [-0.39, 0.29) is 12.1 Å². The Labute approximate surface area is 220 Å². The zero-order valence-corrected chi connectivity index (χ0v) is 21.7. The fourth-order valence-electron chi connectivity index (χ4n) is 5.41. The third-order valence-electron chi connectivity index (χ3n) is 7.02. The summed E-state index contributed by atoms with van der Waals surface area (Å²) in [4.78, 5) is 17.4. The summed E-state index contributed by atoms with van der Waals surface area (Å²) in [5, 5.41) is 5.04. The quantitative estimate of drug-likeness (QED) is 0.303. The molecule has 2 aromatic heterocycles. The lowest BCUT2D eigenvalue weighted by molar-refractivity contribution is 0.194. The van der Waals surface area contributed by atoms with Gasteiger partial charge in [0.15, 0.2) is 0 Å². The van der Waals surface area contributed by atoms with Crippen molar-refractivity contribution in [1.29, 1.82) is 0 Å². The van der Waals surface area contributed by atoms with Gasteiger partial charge in [0.1, 0.15) is 10.8 Å². The molecule has 2 aromatic carbocycles. The van der Waals surface area contributed by atoms with E-state index in [1.165, 1.54) is 33.8 Å². The normalized spacial score (nSPS) is 16.5. The summed E-state index contributed by atoms with van der Waals surface area (Å²) in [5.74, 6) is 0.787. The van der Waals surface area contributed by atoms with Crippen molar-refractivity contribution in [2.24, 2.45) is 0 Å². The molecule has 0 bridgehead atoms. The Kier molecular flexibility index (Phi) is 6.23. The van der Waals surface area contributed by atoms with Crippen LogP contribution in [-0.2, 0) is 19.4 Å². The van der Waals surface area contributed by atoms with Crippen LogP contribution in [0.25, 0.3) is 5.00 Å². The number of hydrogen-bond acceptors (Lipinski definition) is 3. The average molecular weight is 518 g/mol. The molecule has 0 fully saturated rings. The van der Waals surface area contributed by atoms with Crippen LogP contribution >= 0.6 is 22.9 Å². The predicted molar refractivity (Wildman–Crippen MR) is 146 cm³/mol. The summed E-state index contributed by atoms with van der Waals surface area (Å²) in [6.07, 6.45) is 6.76. The Morgan fingerprint density at radius 3 is 2.72 bits per heavy atom. The van der Waals surface area contributed by atoms with Crippen LogP contribution in [0.3, 0.4) is 0 Å². The molecule has 1 N–H and O–H groups in total. The molecule has 0 spiro atoms. The molecule has 0 unspecified atom stereocenters. The molecule has 5 nitrogen and oxygen atoms in total. The van der Waals surface area contributed by atoms with Gasteiger partial charge in [-0.3, -0.25) is 0 Å². The number of aromatic nitrogens is 1. The van der Waals surface area contributed by atoms with Crippen molar-refractivity contribution in [2.75, 3.05) is 11.9 Å². The first-order valence-corrected chi connectivity index (χ1v) is 13.7. The van der Waals surface area contributed by atoms with Crippen LogP contribution in [0, 0.1) is 0 Å². The van der Waals surface area contributed by atoms with E-state index < -0.39 is 0 Å². The van der Waals surface area contributed by atoms with Gasteiger partial charge in [0.2, 0.25) is 0 Å². The molecule has 0 saturated carbocycles. The van der Waals surface area contributed by atoms with Gasteiger partial charge in [-0.1, -0.05) is 23.7 Å². The number of rotatable bonds is 4. The largest absolute Gasteiger partial charge is 0.494 e. The summed E-state index contributed by atoms with van der Waals surface area (Å²) in [6.45, 7) is 3.11. The molecule has 2 amide bonds. The molecule has 36 heavy (non-hydrogen) atoms. The van der Waals surface area contributed by atoms with E-state index in [0.29, 0.717) is 18.2 Å². The van der Waals surface area contributed by atoms with Gasteiger partial charge in [-0.15, -0.1) is 11.3 Å². The monoisotopic (exact) mass is 517 g/mol. The number of nitrogens with one attached hydrogen (secondary N) is 1. The van der Waals surface area contributed by atoms with Crippen LogP contribution in [-0.4, -0.2) is 22.1 Å². The van der Waals surface area contributed by atoms with Crippen LogP contribution in [0.4, 0.5) is 10.5 Å². The second-order valence-corrected chi connectivity index (χ2v) is 10.8. The molecule has 1 atom stereocenters. The van der Waals surface area contributed by atoms with Crippen LogP contribution in [0.1, 0.15) is 53.1 Å². The summed E-state index contributed by atoms with van der Waals surface area (Å²) in [5.41, 5.74) is 5.51. The Morgan fingerprint density at radius 1 is 1.08 bits per heavy atom. The van der Waals surface area contributed by atoms with Gasteiger partial charge in [0, 0.05) is 27.3 Å². The molecule has 3 heterocycles. The number of nitrogens with zero attached hydrogens (tertiary/aromatic N) is 2. The van der Waals surface area contributed by atoms with Crippen molar-refractivity contribution in [3.63, 3.8) is 0 Å². The number of anilines is 1. The number of fused-ring (bicyclic) bond motifs is 5. The van der Waals surface area contributed by atoms with Crippen molar-refractivity contribution in [3.05, 3.63) is 99.1 Å². The molecule has 2 aliphatic rings. The Bertz CT molecular complexity index is 1410. The maximum atomic E-state index is 14.0. The lowest BCUT2D eigenvalue weighted by atomic mass is 9.95. The van der Waals surface area contributed by atoms with Crippen molar-refractivity contribution in [3.8, 4) is 10.8 Å². The minimum atomic E-state index is -0.278. The molecular formula is C29H28ClN3O2S. The van der Waals surface area contributed by atoms with Crippen molar-refractivity contribution < 1.29 is 9.53 Å². The lowest BCUT2D eigenvalue weighted by Gasteiger charge is -2.31. The Morgan fingerprint density at radius 2 is 1.92 bits per heavy atom. The number of aryl methyl sites for hydroxylation is 1. The van der Waals surface area contributed by atoms with Gasteiger partial charge < -0.3 is 19.5 Å². The Balaban J connectivity index is 1.44. The molecule has 4 aromatic rings. The summed E-state index contributed by atoms with van der Waals surface area (Å²) in [7, 11) is 0. The van der Waals surface area contributed by atoms with Crippen molar-refractivity contribution in [2.45, 2.75) is 45.2 Å². The molecule has 0 radical (unpaired) electrons. The van der Waals surface area contributed by atoms with Crippen LogP contribution in [0.2, 0.25) is 5.02 Å². The van der Waals surface area contributed by atoms with Gasteiger partial charge >= 0.3 is 6.03 Å². The number of halogens is 1. The number of carbonyl (C=O) groups excluding carboxylic acids is 1. The standard InChI is InChI=1S/C29H28ClN3O2S/c1-2-35-22-14-12-21(13-15-22)31-29(34)33-18-24-23-9-3-4-11-26(23)36-28(24)32-16-6-10-25(32)27(33)19-7-5-8-20(30)17-19/h5-8,10,12-17,27H,2-4,9,11,18H2,1H3,(H,31,34)/t27-/m1/s1. The molecule has 184 valence electrons. The van der Waals surface area contributed by atoms with E-state index in [4.69, 9.17) is 16.3 Å². The first kappa shape index (κ1) is 23.2. The highest BCUT2D eigenvalue weighted by Crippen LogP contribution is 2.44. The zero-order valence-electron chi connectivity index (χ0n) is 20.2. The van der Waals surface area contributed by atoms with Gasteiger partial charge in [0.05, 0.1) is 24.9 Å². The average Bonchev–Trinajstić information content (AvgIpc) is 3.47. The smallest absolute Gasteiger partial charge is 0.322 e. The van der Waals surface area contributed by atoms with Crippen LogP contribution in [0.5, 0.6) is 5.75 Å². The third kappa shape index (κ3) is 4.18. The Hall–Kier alpha value is -3.22. The number of ether oxygens (including phenoxy) is 1. The highest BCUT2D eigenvalue weighted by Gasteiger charge is 2.36. The number of thiophene rings is 1. The predicted octanol–water partition coefficient (Wildman–Crippen LogP) is 7.61. The van der Waals surface area contributed by atoms with Crippen molar-refractivity contribution >= 4 is 34.7 Å². The van der Waals surface area contributed by atoms with E-state index in [1.54, 1.807) is 0 Å². The number of amides is 2. The number of benzene rings is 2. The minimum Gasteiger partial charge on any atom is -0.494 e. The first-order chi connectivity index (χ1) is 17.6. The molecule has 6 rings (SSSR count). The highest BCUT2D eigenvalue weighted by atomic mass is 35.5. The maximum absolute atomic E-state index is 14.0. The number of carbonyl (C=O) groups is 1. The van der Waals surface area contributed by atoms with Crippen molar-refractivity contribution in [1.82, 2.24) is 9.47 Å². The van der Waals surface area contributed by atoms with E-state index >= 15 is 0 Å². The fraction of sp³-hybridized carbons (Fsp3) is 0.276. The molecule has 0 saturated heterocycles. The number of urea groups is 1. The zero-order chi connectivity index (χ0) is 24.6. The third-order valence-corrected chi connectivity index (χ3v) is 8.59. The fourth-order valence-corrected chi connectivity index (χ4v) is 7.01. The summed E-state index contributed by atoms with van der Waals surface area (Å²) < 4.78 is 7.85. The van der Waals surface area contributed by atoms with E-state index in [2.05, 4.69) is 34.3 Å². The second kappa shape index (κ2) is 9.68. The van der Waals surface area contributed by atoms with E-state index in [9.17, 15) is 4.79 Å². The SMILES string of the molecule is CCOc1ccc(NC(=O)N2Cc3c(sc4c3CCCC4)-n3cccc3[C@H]2c2cccc(Cl)c2)cc1. The topological polar surface area (TPSA) is 46.5 Å². The van der Waals surface area contributed by atoms with Crippen LogP contribution in [0.15, 0.2) is 66.9 Å². The first-order valence-electron chi connectivity index (χ1n) is 12.5. The summed E-state index contributed by atoms with van der Waals surface area (Å²) >= 11 is 8.32. The molecule has 7 heteroatoms. The van der Waals surface area contributed by atoms with E-state index in [1.807, 2.05) is 65.6 Å². The van der Waals surface area contributed by atoms with Gasteiger partial charge in [0.25, 0.3) is 0 Å². The van der Waals surface area contributed by atoms with Gasteiger partial charge in [-0.05, 0) is 92.3 Å². The highest BCUT2D eigenvalue weighted by molar-refractivity contribution is 7.15. The second-order valence-electron chi connectivity index (χ2n) is 9.27. The van der Waals surface area contributed by atoms with Gasteiger partial charge in [-0.25, -0.2) is 4.79 Å². The number of hydrogen-bond donors (Lipinski definition) is 1. The lowest BCUT2D eigenvalue weighted by Crippen LogP contribution is -2.38. The van der Waals surface area contributed by atoms with E-state index in [0.717, 1.165) is 35.5 Å². The maximum Gasteiger partial charge on any atom is 0.322 e. The van der Waals surface area contributed by atoms with Gasteiger partial charge in [-0.2, -0.15) is 0 Å². The minimum absolute atomic E-state index is 0.138.